The van der Waals surface area contributed by atoms with Crippen LogP contribution in [0.15, 0.2) is 33.9 Å². The van der Waals surface area contributed by atoms with E-state index in [2.05, 4.69) is 27.5 Å². The minimum Gasteiger partial charge on any atom is -0.381 e. The zero-order valence-corrected chi connectivity index (χ0v) is 17.6. The van der Waals surface area contributed by atoms with Gasteiger partial charge in [0.25, 0.3) is 11.5 Å². The van der Waals surface area contributed by atoms with Crippen molar-refractivity contribution < 1.29 is 4.79 Å². The second-order valence-electron chi connectivity index (χ2n) is 6.42. The first-order chi connectivity index (χ1) is 13.9. The summed E-state index contributed by atoms with van der Waals surface area (Å²) in [7, 11) is 1.56. The van der Waals surface area contributed by atoms with Crippen molar-refractivity contribution in [1.29, 1.82) is 0 Å². The molecule has 9 heteroatoms. The molecule has 0 saturated carbocycles. The van der Waals surface area contributed by atoms with E-state index < -0.39 is 17.2 Å². The second kappa shape index (κ2) is 8.44. The Morgan fingerprint density at radius 1 is 1.21 bits per heavy atom. The van der Waals surface area contributed by atoms with Crippen LogP contribution in [0, 0.1) is 6.92 Å². The number of hydrogen-bond donors (Lipinski definition) is 3. The molecule has 0 unspecified atom stereocenters. The van der Waals surface area contributed by atoms with Crippen molar-refractivity contribution in [2.24, 2.45) is 0 Å². The fourth-order valence-corrected chi connectivity index (χ4v) is 3.98. The summed E-state index contributed by atoms with van der Waals surface area (Å²) in [6.45, 7) is 5.90. The number of anilines is 2. The fraction of sp³-hybridized carbons (Fsp3) is 0.300. The van der Waals surface area contributed by atoms with Crippen molar-refractivity contribution in [2.75, 3.05) is 17.7 Å². The number of carbonyl (C=O) groups excluding carboxylic acids is 1. The summed E-state index contributed by atoms with van der Waals surface area (Å²) in [5, 5.41) is 6.20. The van der Waals surface area contributed by atoms with Gasteiger partial charge in [0.05, 0.1) is 5.69 Å². The summed E-state index contributed by atoms with van der Waals surface area (Å²) in [4.78, 5) is 44.3. The van der Waals surface area contributed by atoms with Crippen LogP contribution >= 0.6 is 11.3 Å². The largest absolute Gasteiger partial charge is 0.381 e. The standard InChI is InChI=1S/C20H23N5O3S/c1-5-12-7-9-13(10-8-12)19-22-11(3)15(29-19)18(27)23-16-14(21-4)17(26)24-20(28)25(16)6-2/h7-10,21H,5-6H2,1-4H3,(H,23,27)(H,24,26,28). The first-order valence-electron chi connectivity index (χ1n) is 9.32. The molecule has 2 aromatic heterocycles. The average molecular weight is 414 g/mol. The number of benzene rings is 1. The van der Waals surface area contributed by atoms with E-state index >= 15 is 0 Å². The average Bonchev–Trinajstić information content (AvgIpc) is 3.10. The number of hydrogen-bond acceptors (Lipinski definition) is 6. The van der Waals surface area contributed by atoms with Gasteiger partial charge in [-0.25, -0.2) is 9.78 Å². The number of aromatic nitrogens is 3. The van der Waals surface area contributed by atoms with Crippen LogP contribution in [0.2, 0.25) is 0 Å². The van der Waals surface area contributed by atoms with Crippen molar-refractivity contribution in [2.45, 2.75) is 33.7 Å². The third-order valence-corrected chi connectivity index (χ3v) is 5.81. The van der Waals surface area contributed by atoms with Crippen molar-refractivity contribution in [3.8, 4) is 10.6 Å². The van der Waals surface area contributed by atoms with Gasteiger partial charge in [0.15, 0.2) is 0 Å². The van der Waals surface area contributed by atoms with Gasteiger partial charge in [0.2, 0.25) is 0 Å². The summed E-state index contributed by atoms with van der Waals surface area (Å²) in [6.07, 6.45) is 0.952. The van der Waals surface area contributed by atoms with Gasteiger partial charge in [-0.15, -0.1) is 11.3 Å². The van der Waals surface area contributed by atoms with Crippen molar-refractivity contribution in [3.63, 3.8) is 0 Å². The lowest BCUT2D eigenvalue weighted by molar-refractivity contribution is 0.102. The Kier molecular flexibility index (Phi) is 5.97. The SMILES string of the molecule is CCc1ccc(-c2nc(C)c(C(=O)Nc3c(NC)c(=O)[nH]c(=O)n3CC)s2)cc1. The van der Waals surface area contributed by atoms with E-state index in [9.17, 15) is 14.4 Å². The van der Waals surface area contributed by atoms with E-state index in [1.807, 2.05) is 24.3 Å². The minimum atomic E-state index is -0.588. The molecule has 3 rings (SSSR count). The third kappa shape index (κ3) is 4.00. The van der Waals surface area contributed by atoms with Gasteiger partial charge < -0.3 is 10.6 Å². The van der Waals surface area contributed by atoms with Crippen LogP contribution in [-0.2, 0) is 13.0 Å². The highest BCUT2D eigenvalue weighted by molar-refractivity contribution is 7.17. The molecule has 29 heavy (non-hydrogen) atoms. The molecule has 0 aliphatic heterocycles. The molecule has 1 aromatic carbocycles. The van der Waals surface area contributed by atoms with Gasteiger partial charge in [-0.2, -0.15) is 0 Å². The highest BCUT2D eigenvalue weighted by Crippen LogP contribution is 2.29. The maximum atomic E-state index is 12.9. The van der Waals surface area contributed by atoms with Crippen LogP contribution in [0.25, 0.3) is 10.6 Å². The maximum Gasteiger partial charge on any atom is 0.330 e. The van der Waals surface area contributed by atoms with Gasteiger partial charge in [-0.1, -0.05) is 31.2 Å². The van der Waals surface area contributed by atoms with Crippen molar-refractivity contribution in [1.82, 2.24) is 14.5 Å². The number of amides is 1. The number of nitrogens with one attached hydrogen (secondary N) is 3. The molecule has 0 fully saturated rings. The molecule has 0 atom stereocenters. The molecule has 0 spiro atoms. The first kappa shape index (κ1) is 20.5. The number of aromatic amines is 1. The van der Waals surface area contributed by atoms with Gasteiger partial charge in [-0.05, 0) is 25.8 Å². The van der Waals surface area contributed by atoms with Gasteiger partial charge in [0.1, 0.15) is 21.4 Å². The smallest absolute Gasteiger partial charge is 0.330 e. The zero-order chi connectivity index (χ0) is 21.1. The number of nitrogens with zero attached hydrogens (tertiary/aromatic N) is 2. The fourth-order valence-electron chi connectivity index (χ4n) is 3.01. The van der Waals surface area contributed by atoms with Crippen LogP contribution in [0.3, 0.4) is 0 Å². The molecule has 0 bridgehead atoms. The van der Waals surface area contributed by atoms with E-state index in [4.69, 9.17) is 0 Å². The molecule has 3 N–H and O–H groups in total. The Balaban J connectivity index is 1.97. The quantitative estimate of drug-likeness (QED) is 0.576. The molecule has 2 heterocycles. The Morgan fingerprint density at radius 2 is 1.90 bits per heavy atom. The van der Waals surface area contributed by atoms with E-state index in [1.165, 1.54) is 21.5 Å². The van der Waals surface area contributed by atoms with Crippen LogP contribution in [-0.4, -0.2) is 27.5 Å². The van der Waals surface area contributed by atoms with Crippen LogP contribution in [0.1, 0.15) is 34.8 Å². The van der Waals surface area contributed by atoms with E-state index in [1.54, 1.807) is 20.9 Å². The number of rotatable bonds is 6. The second-order valence-corrected chi connectivity index (χ2v) is 7.41. The van der Waals surface area contributed by atoms with E-state index in [0.717, 1.165) is 17.0 Å². The first-order valence-corrected chi connectivity index (χ1v) is 10.1. The predicted octanol–water partition coefficient (Wildman–Crippen LogP) is 2.84. The lowest BCUT2D eigenvalue weighted by atomic mass is 10.1. The molecule has 3 aromatic rings. The molecule has 8 nitrogen and oxygen atoms in total. The van der Waals surface area contributed by atoms with Gasteiger partial charge in [-0.3, -0.25) is 19.1 Å². The topological polar surface area (TPSA) is 109 Å². The Labute approximate surface area is 171 Å². The van der Waals surface area contributed by atoms with Crippen LogP contribution < -0.4 is 21.9 Å². The Hall–Kier alpha value is -3.20. The predicted molar refractivity (Wildman–Crippen MR) is 116 cm³/mol. The number of aryl methyl sites for hydroxylation is 2. The highest BCUT2D eigenvalue weighted by Gasteiger charge is 2.21. The molecule has 152 valence electrons. The normalized spacial score (nSPS) is 10.8. The van der Waals surface area contributed by atoms with Crippen LogP contribution in [0.5, 0.6) is 0 Å². The summed E-state index contributed by atoms with van der Waals surface area (Å²) < 4.78 is 1.30. The van der Waals surface area contributed by atoms with Gasteiger partial charge in [0, 0.05) is 19.2 Å². The molecule has 0 aliphatic carbocycles. The monoisotopic (exact) mass is 413 g/mol. The lowest BCUT2D eigenvalue weighted by Gasteiger charge is -2.15. The van der Waals surface area contributed by atoms with Crippen molar-refractivity contribution in [3.05, 3.63) is 61.2 Å². The summed E-state index contributed by atoms with van der Waals surface area (Å²) in [6, 6.07) is 8.06. The zero-order valence-electron chi connectivity index (χ0n) is 16.8. The molecular weight excluding hydrogens is 390 g/mol. The molecule has 0 aliphatic rings. The number of H-pyrrole nitrogens is 1. The molecule has 0 radical (unpaired) electrons. The number of thiazole rings is 1. The summed E-state index contributed by atoms with van der Waals surface area (Å²) in [5.41, 5.74) is 1.71. The van der Waals surface area contributed by atoms with E-state index in [-0.39, 0.29) is 18.1 Å². The van der Waals surface area contributed by atoms with E-state index in [0.29, 0.717) is 10.6 Å². The lowest BCUT2D eigenvalue weighted by Crippen LogP contribution is -2.34. The Morgan fingerprint density at radius 3 is 2.48 bits per heavy atom. The molecule has 0 saturated heterocycles. The third-order valence-electron chi connectivity index (χ3n) is 4.61. The highest BCUT2D eigenvalue weighted by atomic mass is 32.1. The molecule has 1 amide bonds. The Bertz CT molecular complexity index is 1120. The summed E-state index contributed by atoms with van der Waals surface area (Å²) in [5.74, 6) is -0.282. The van der Waals surface area contributed by atoms with Gasteiger partial charge >= 0.3 is 5.69 Å². The summed E-state index contributed by atoms with van der Waals surface area (Å²) >= 11 is 1.27. The maximum absolute atomic E-state index is 12.9. The van der Waals surface area contributed by atoms with Crippen LogP contribution in [0.4, 0.5) is 11.5 Å². The van der Waals surface area contributed by atoms with Crippen molar-refractivity contribution >= 4 is 28.7 Å². The minimum absolute atomic E-state index is 0.123. The number of carbonyl (C=O) groups is 1. The molecular formula is C20H23N5O3S.